The van der Waals surface area contributed by atoms with E-state index in [1.807, 2.05) is 0 Å². The predicted octanol–water partition coefficient (Wildman–Crippen LogP) is 1.33. The van der Waals surface area contributed by atoms with Crippen LogP contribution >= 0.6 is 0 Å². The average molecular weight is 314 g/mol. The summed E-state index contributed by atoms with van der Waals surface area (Å²) in [4.78, 5) is 37.6. The van der Waals surface area contributed by atoms with Gasteiger partial charge in [-0.05, 0) is 48.4 Å². The van der Waals surface area contributed by atoms with Crippen molar-refractivity contribution in [3.05, 3.63) is 28.8 Å². The van der Waals surface area contributed by atoms with Gasteiger partial charge >= 0.3 is 0 Å². The second kappa shape index (κ2) is 5.08. The molecule has 1 saturated carbocycles. The summed E-state index contributed by atoms with van der Waals surface area (Å²) in [6.07, 6.45) is 2.96. The summed E-state index contributed by atoms with van der Waals surface area (Å²) >= 11 is 0. The molecular formula is C17H18N2O4. The first-order valence-corrected chi connectivity index (χ1v) is 7.94. The molecular weight excluding hydrogens is 296 g/mol. The summed E-state index contributed by atoms with van der Waals surface area (Å²) in [7, 11) is 1.62. The fraction of sp³-hybridized carbons (Fsp3) is 0.471. The fourth-order valence-electron chi connectivity index (χ4n) is 3.51. The SMILES string of the molecule is COc1cc2c(cc1C1CC1)CN(C1CCC(=O)NC1=O)C2=O. The molecule has 23 heavy (non-hydrogen) atoms. The van der Waals surface area contributed by atoms with Crippen molar-refractivity contribution in [2.45, 2.75) is 44.2 Å². The molecule has 1 saturated heterocycles. The van der Waals surface area contributed by atoms with Crippen molar-refractivity contribution in [3.8, 4) is 5.75 Å². The van der Waals surface area contributed by atoms with Crippen molar-refractivity contribution in [1.82, 2.24) is 10.2 Å². The summed E-state index contributed by atoms with van der Waals surface area (Å²) in [6.45, 7) is 0.421. The minimum Gasteiger partial charge on any atom is -0.496 e. The van der Waals surface area contributed by atoms with E-state index in [1.54, 1.807) is 18.1 Å². The number of rotatable bonds is 3. The second-order valence-electron chi connectivity index (χ2n) is 6.43. The summed E-state index contributed by atoms with van der Waals surface area (Å²) in [6, 6.07) is 3.29. The third-order valence-electron chi connectivity index (χ3n) is 4.89. The molecule has 4 rings (SSSR count). The molecule has 0 bridgehead atoms. The molecule has 6 nitrogen and oxygen atoms in total. The number of carbonyl (C=O) groups excluding carboxylic acids is 3. The number of piperidine rings is 1. The maximum Gasteiger partial charge on any atom is 0.255 e. The van der Waals surface area contributed by atoms with Gasteiger partial charge in [0.25, 0.3) is 5.91 Å². The second-order valence-corrected chi connectivity index (χ2v) is 6.43. The lowest BCUT2D eigenvalue weighted by atomic mass is 10.0. The first-order chi connectivity index (χ1) is 11.1. The first kappa shape index (κ1) is 14.2. The van der Waals surface area contributed by atoms with Gasteiger partial charge in [-0.3, -0.25) is 19.7 Å². The van der Waals surface area contributed by atoms with Gasteiger partial charge in [-0.15, -0.1) is 0 Å². The lowest BCUT2D eigenvalue weighted by Crippen LogP contribution is -2.52. The highest BCUT2D eigenvalue weighted by Gasteiger charge is 2.40. The molecule has 2 heterocycles. The van der Waals surface area contributed by atoms with Gasteiger partial charge in [-0.25, -0.2) is 0 Å². The van der Waals surface area contributed by atoms with Crippen molar-refractivity contribution in [2.75, 3.05) is 7.11 Å². The van der Waals surface area contributed by atoms with Gasteiger partial charge in [0.15, 0.2) is 0 Å². The van der Waals surface area contributed by atoms with E-state index < -0.39 is 6.04 Å². The number of methoxy groups -OCH3 is 1. The van der Waals surface area contributed by atoms with Gasteiger partial charge in [0.1, 0.15) is 11.8 Å². The molecule has 1 atom stereocenters. The third kappa shape index (κ3) is 2.29. The molecule has 120 valence electrons. The van der Waals surface area contributed by atoms with Crippen molar-refractivity contribution in [3.63, 3.8) is 0 Å². The Morgan fingerprint density at radius 3 is 2.61 bits per heavy atom. The Bertz CT molecular complexity index is 724. The Morgan fingerprint density at radius 1 is 1.17 bits per heavy atom. The van der Waals surface area contributed by atoms with E-state index in [9.17, 15) is 14.4 Å². The molecule has 1 unspecified atom stereocenters. The van der Waals surface area contributed by atoms with Crippen molar-refractivity contribution in [2.24, 2.45) is 0 Å². The lowest BCUT2D eigenvalue weighted by Gasteiger charge is -2.29. The third-order valence-corrected chi connectivity index (χ3v) is 4.89. The minimum atomic E-state index is -0.567. The number of fused-ring (bicyclic) bond motifs is 1. The normalized spacial score (nSPS) is 23.8. The summed E-state index contributed by atoms with van der Waals surface area (Å²) in [5.74, 6) is 0.472. The van der Waals surface area contributed by atoms with Crippen LogP contribution in [0.4, 0.5) is 0 Å². The van der Waals surface area contributed by atoms with Crippen LogP contribution in [-0.4, -0.2) is 35.8 Å². The zero-order valence-corrected chi connectivity index (χ0v) is 12.9. The van der Waals surface area contributed by atoms with Crippen LogP contribution in [0.3, 0.4) is 0 Å². The van der Waals surface area contributed by atoms with E-state index in [2.05, 4.69) is 11.4 Å². The van der Waals surface area contributed by atoms with E-state index in [0.717, 1.165) is 29.7 Å². The molecule has 1 N–H and O–H groups in total. The van der Waals surface area contributed by atoms with Crippen molar-refractivity contribution in [1.29, 1.82) is 0 Å². The number of carbonyl (C=O) groups is 3. The Labute approximate surface area is 133 Å². The molecule has 0 aromatic heterocycles. The number of benzene rings is 1. The molecule has 3 aliphatic rings. The van der Waals surface area contributed by atoms with E-state index in [4.69, 9.17) is 4.74 Å². The Kier molecular flexibility index (Phi) is 3.14. The van der Waals surface area contributed by atoms with E-state index in [1.165, 1.54) is 0 Å². The average Bonchev–Trinajstić information content (AvgIpc) is 3.32. The number of hydrogen-bond acceptors (Lipinski definition) is 4. The standard InChI is InChI=1S/C17H18N2O4/c1-23-14-7-12-10(6-11(14)9-2-3-9)8-19(17(12)22)13-4-5-15(20)18-16(13)21/h6-7,9,13H,2-5,8H2,1H3,(H,18,20,21). The Hall–Kier alpha value is -2.37. The van der Waals surface area contributed by atoms with Gasteiger partial charge in [-0.2, -0.15) is 0 Å². The smallest absolute Gasteiger partial charge is 0.255 e. The van der Waals surface area contributed by atoms with Crippen LogP contribution in [0, 0.1) is 0 Å². The number of amides is 3. The van der Waals surface area contributed by atoms with E-state index in [0.29, 0.717) is 24.4 Å². The Morgan fingerprint density at radius 2 is 1.96 bits per heavy atom. The zero-order chi connectivity index (χ0) is 16.1. The van der Waals surface area contributed by atoms with Gasteiger partial charge in [-0.1, -0.05) is 0 Å². The van der Waals surface area contributed by atoms with Crippen molar-refractivity contribution < 1.29 is 19.1 Å². The maximum atomic E-state index is 12.7. The van der Waals surface area contributed by atoms with E-state index in [-0.39, 0.29) is 24.1 Å². The van der Waals surface area contributed by atoms with Gasteiger partial charge in [0.2, 0.25) is 11.8 Å². The maximum absolute atomic E-state index is 12.7. The monoisotopic (exact) mass is 314 g/mol. The highest BCUT2D eigenvalue weighted by Crippen LogP contribution is 2.46. The highest BCUT2D eigenvalue weighted by molar-refractivity contribution is 6.05. The number of hydrogen-bond donors (Lipinski definition) is 1. The van der Waals surface area contributed by atoms with Crippen LogP contribution < -0.4 is 10.1 Å². The van der Waals surface area contributed by atoms with Crippen LogP contribution in [-0.2, 0) is 16.1 Å². The molecule has 6 heteroatoms. The fourth-order valence-corrected chi connectivity index (χ4v) is 3.51. The molecule has 2 aliphatic heterocycles. The molecule has 3 amide bonds. The highest BCUT2D eigenvalue weighted by atomic mass is 16.5. The molecule has 1 aliphatic carbocycles. The summed E-state index contributed by atoms with van der Waals surface area (Å²) in [5.41, 5.74) is 2.71. The molecule has 1 aromatic carbocycles. The van der Waals surface area contributed by atoms with Crippen LogP contribution in [0.2, 0.25) is 0 Å². The van der Waals surface area contributed by atoms with Crippen molar-refractivity contribution >= 4 is 17.7 Å². The molecule has 2 fully saturated rings. The topological polar surface area (TPSA) is 75.7 Å². The van der Waals surface area contributed by atoms with Gasteiger partial charge in [0, 0.05) is 18.5 Å². The number of imide groups is 1. The minimum absolute atomic E-state index is 0.157. The van der Waals surface area contributed by atoms with E-state index >= 15 is 0 Å². The number of ether oxygens (including phenoxy) is 1. The van der Waals surface area contributed by atoms with Crippen LogP contribution in [0.15, 0.2) is 12.1 Å². The number of nitrogens with zero attached hydrogens (tertiary/aromatic N) is 1. The number of nitrogens with one attached hydrogen (secondary N) is 1. The summed E-state index contributed by atoms with van der Waals surface area (Å²) < 4.78 is 5.44. The zero-order valence-electron chi connectivity index (χ0n) is 12.9. The van der Waals surface area contributed by atoms with Gasteiger partial charge < -0.3 is 9.64 Å². The molecule has 1 aromatic rings. The van der Waals surface area contributed by atoms with Crippen LogP contribution in [0.5, 0.6) is 5.75 Å². The largest absolute Gasteiger partial charge is 0.496 e. The molecule has 0 spiro atoms. The lowest BCUT2D eigenvalue weighted by molar-refractivity contribution is -0.136. The van der Waals surface area contributed by atoms with Crippen LogP contribution in [0.1, 0.15) is 53.1 Å². The Balaban J connectivity index is 1.65. The quantitative estimate of drug-likeness (QED) is 0.854. The van der Waals surface area contributed by atoms with Crippen LogP contribution in [0.25, 0.3) is 0 Å². The van der Waals surface area contributed by atoms with Gasteiger partial charge in [0.05, 0.1) is 7.11 Å². The molecule has 0 radical (unpaired) electrons. The first-order valence-electron chi connectivity index (χ1n) is 7.94. The predicted molar refractivity (Wildman–Crippen MR) is 81.0 cm³/mol. The summed E-state index contributed by atoms with van der Waals surface area (Å²) in [5, 5.41) is 2.32.